The molecule has 1 heterocycles. The Labute approximate surface area is 127 Å². The molecule has 0 aliphatic rings. The van der Waals surface area contributed by atoms with Crippen LogP contribution in [0, 0.1) is 6.92 Å². The second-order valence-electron chi connectivity index (χ2n) is 5.63. The summed E-state index contributed by atoms with van der Waals surface area (Å²) in [6, 6.07) is 6.73. The second kappa shape index (κ2) is 6.76. The van der Waals surface area contributed by atoms with Gasteiger partial charge in [0.15, 0.2) is 0 Å². The van der Waals surface area contributed by atoms with Crippen molar-refractivity contribution in [2.24, 2.45) is 0 Å². The zero-order chi connectivity index (χ0) is 15.4. The van der Waals surface area contributed by atoms with Gasteiger partial charge >= 0.3 is 0 Å². The number of benzene rings is 1. The Morgan fingerprint density at radius 1 is 1.33 bits per heavy atom. The van der Waals surface area contributed by atoms with E-state index in [0.717, 1.165) is 30.1 Å². The zero-order valence-corrected chi connectivity index (χ0v) is 13.6. The minimum atomic E-state index is 0.495. The second-order valence-corrected chi connectivity index (χ2v) is 5.63. The third-order valence-electron chi connectivity index (χ3n) is 3.92. The molecule has 1 aromatic carbocycles. The summed E-state index contributed by atoms with van der Waals surface area (Å²) in [6.07, 6.45) is 5.01. The lowest BCUT2D eigenvalue weighted by Crippen LogP contribution is -2.31. The van der Waals surface area contributed by atoms with E-state index < -0.39 is 0 Å². The highest BCUT2D eigenvalue weighted by Crippen LogP contribution is 2.30. The molecule has 0 unspecified atom stereocenters. The average Bonchev–Trinajstić information content (AvgIpc) is 2.92. The number of imidazole rings is 1. The van der Waals surface area contributed by atoms with Crippen molar-refractivity contribution in [1.29, 1.82) is 0 Å². The van der Waals surface area contributed by atoms with Gasteiger partial charge in [0.05, 0.1) is 12.7 Å². The molecule has 0 spiro atoms. The van der Waals surface area contributed by atoms with Gasteiger partial charge in [0.2, 0.25) is 0 Å². The van der Waals surface area contributed by atoms with Crippen LogP contribution in [0.1, 0.15) is 18.9 Å². The predicted molar refractivity (Wildman–Crippen MR) is 86.7 cm³/mol. The monoisotopic (exact) mass is 287 g/mol. The summed E-state index contributed by atoms with van der Waals surface area (Å²) >= 11 is 0. The summed E-state index contributed by atoms with van der Waals surface area (Å²) in [4.78, 5) is 6.80. The number of aromatic nitrogens is 2. The van der Waals surface area contributed by atoms with E-state index in [-0.39, 0.29) is 0 Å². The van der Waals surface area contributed by atoms with Crippen LogP contribution >= 0.6 is 0 Å². The van der Waals surface area contributed by atoms with Crippen molar-refractivity contribution >= 4 is 0 Å². The SMILES string of the molecule is CC[C@@H](Cn1ccnc1-c1ccc(C)cc1OC)N(C)C. The standard InChI is InChI=1S/C17H25N3O/c1-6-14(19(3)4)12-20-10-9-18-17(20)15-8-7-13(2)11-16(15)21-5/h7-11,14H,6,12H2,1-5H3/t14-/m0/s1. The number of methoxy groups -OCH3 is 1. The van der Waals surface area contributed by atoms with Gasteiger partial charge in [-0.25, -0.2) is 4.98 Å². The molecule has 0 bridgehead atoms. The lowest BCUT2D eigenvalue weighted by atomic mass is 10.1. The van der Waals surface area contributed by atoms with Gasteiger partial charge < -0.3 is 14.2 Å². The summed E-state index contributed by atoms with van der Waals surface area (Å²) in [5, 5.41) is 0. The first-order valence-corrected chi connectivity index (χ1v) is 7.39. The maximum atomic E-state index is 5.52. The molecule has 4 heteroatoms. The van der Waals surface area contributed by atoms with E-state index in [1.54, 1.807) is 7.11 Å². The molecule has 0 amide bonds. The summed E-state index contributed by atoms with van der Waals surface area (Å²) in [6.45, 7) is 5.21. The molecular formula is C17H25N3O. The minimum absolute atomic E-state index is 0.495. The van der Waals surface area contributed by atoms with Crippen LogP contribution in [0.15, 0.2) is 30.6 Å². The molecule has 114 valence electrons. The van der Waals surface area contributed by atoms with Crippen LogP contribution in [0.3, 0.4) is 0 Å². The molecule has 21 heavy (non-hydrogen) atoms. The van der Waals surface area contributed by atoms with Gasteiger partial charge in [-0.05, 0) is 45.1 Å². The third kappa shape index (κ3) is 3.45. The predicted octanol–water partition coefficient (Wildman–Crippen LogP) is 3.21. The Bertz CT molecular complexity index is 589. The summed E-state index contributed by atoms with van der Waals surface area (Å²) < 4.78 is 7.73. The van der Waals surface area contributed by atoms with Crippen LogP contribution < -0.4 is 4.74 Å². The van der Waals surface area contributed by atoms with Crippen molar-refractivity contribution in [1.82, 2.24) is 14.5 Å². The zero-order valence-electron chi connectivity index (χ0n) is 13.6. The maximum absolute atomic E-state index is 5.52. The van der Waals surface area contributed by atoms with Crippen molar-refractivity contribution in [3.05, 3.63) is 36.2 Å². The Morgan fingerprint density at radius 2 is 2.10 bits per heavy atom. The van der Waals surface area contributed by atoms with Crippen LogP contribution in [-0.2, 0) is 6.54 Å². The molecule has 0 aliphatic heterocycles. The minimum Gasteiger partial charge on any atom is -0.496 e. The molecule has 0 fully saturated rings. The smallest absolute Gasteiger partial charge is 0.143 e. The highest BCUT2D eigenvalue weighted by molar-refractivity contribution is 5.65. The van der Waals surface area contributed by atoms with Crippen LogP contribution in [-0.4, -0.2) is 41.7 Å². The Morgan fingerprint density at radius 3 is 2.71 bits per heavy atom. The molecule has 0 aliphatic carbocycles. The molecule has 0 saturated carbocycles. The lowest BCUT2D eigenvalue weighted by molar-refractivity contribution is 0.258. The summed E-state index contributed by atoms with van der Waals surface area (Å²) in [5.74, 6) is 1.84. The number of rotatable bonds is 6. The Hall–Kier alpha value is -1.81. The molecule has 4 nitrogen and oxygen atoms in total. The number of likely N-dealkylation sites (N-methyl/N-ethyl adjacent to an activating group) is 1. The van der Waals surface area contributed by atoms with Crippen molar-refractivity contribution in [3.8, 4) is 17.1 Å². The summed E-state index contributed by atoms with van der Waals surface area (Å²) in [5.41, 5.74) is 2.23. The summed E-state index contributed by atoms with van der Waals surface area (Å²) in [7, 11) is 5.95. The van der Waals surface area contributed by atoms with E-state index in [1.807, 2.05) is 12.4 Å². The van der Waals surface area contributed by atoms with Gasteiger partial charge in [-0.2, -0.15) is 0 Å². The molecular weight excluding hydrogens is 262 g/mol. The van der Waals surface area contributed by atoms with Gasteiger partial charge in [0.1, 0.15) is 11.6 Å². The van der Waals surface area contributed by atoms with E-state index in [1.165, 1.54) is 5.56 Å². The van der Waals surface area contributed by atoms with E-state index >= 15 is 0 Å². The van der Waals surface area contributed by atoms with Gasteiger partial charge in [-0.1, -0.05) is 13.0 Å². The molecule has 1 atom stereocenters. The van der Waals surface area contributed by atoms with E-state index in [4.69, 9.17) is 4.74 Å². The van der Waals surface area contributed by atoms with E-state index in [0.29, 0.717) is 6.04 Å². The van der Waals surface area contributed by atoms with Gasteiger partial charge in [0, 0.05) is 25.0 Å². The largest absolute Gasteiger partial charge is 0.496 e. The lowest BCUT2D eigenvalue weighted by Gasteiger charge is -2.24. The van der Waals surface area contributed by atoms with Crippen LogP contribution in [0.5, 0.6) is 5.75 Å². The van der Waals surface area contributed by atoms with Crippen molar-refractivity contribution < 1.29 is 4.74 Å². The van der Waals surface area contributed by atoms with Gasteiger partial charge in [0.25, 0.3) is 0 Å². The number of hydrogen-bond acceptors (Lipinski definition) is 3. The molecule has 0 radical (unpaired) electrons. The highest BCUT2D eigenvalue weighted by atomic mass is 16.5. The normalized spacial score (nSPS) is 12.7. The molecule has 1 aromatic heterocycles. The number of nitrogens with zero attached hydrogens (tertiary/aromatic N) is 3. The van der Waals surface area contributed by atoms with Crippen LogP contribution in [0.25, 0.3) is 11.4 Å². The number of aryl methyl sites for hydroxylation is 1. The van der Waals surface area contributed by atoms with E-state index in [9.17, 15) is 0 Å². The third-order valence-corrected chi connectivity index (χ3v) is 3.92. The fraction of sp³-hybridized carbons (Fsp3) is 0.471. The average molecular weight is 287 g/mol. The topological polar surface area (TPSA) is 30.3 Å². The van der Waals surface area contributed by atoms with E-state index in [2.05, 4.69) is 60.6 Å². The van der Waals surface area contributed by atoms with Crippen LogP contribution in [0.2, 0.25) is 0 Å². The van der Waals surface area contributed by atoms with Crippen molar-refractivity contribution in [3.63, 3.8) is 0 Å². The number of hydrogen-bond donors (Lipinski definition) is 0. The maximum Gasteiger partial charge on any atom is 0.143 e. The Kier molecular flexibility index (Phi) is 5.02. The number of ether oxygens (including phenoxy) is 1. The fourth-order valence-corrected chi connectivity index (χ4v) is 2.57. The van der Waals surface area contributed by atoms with Gasteiger partial charge in [-0.3, -0.25) is 0 Å². The molecule has 0 N–H and O–H groups in total. The first kappa shape index (κ1) is 15.6. The fourth-order valence-electron chi connectivity index (χ4n) is 2.57. The van der Waals surface area contributed by atoms with Crippen molar-refractivity contribution in [2.45, 2.75) is 32.9 Å². The van der Waals surface area contributed by atoms with Gasteiger partial charge in [-0.15, -0.1) is 0 Å². The first-order valence-electron chi connectivity index (χ1n) is 7.39. The van der Waals surface area contributed by atoms with Crippen LogP contribution in [0.4, 0.5) is 0 Å². The quantitative estimate of drug-likeness (QED) is 0.817. The Balaban J connectivity index is 2.36. The first-order chi connectivity index (χ1) is 10.1. The molecule has 2 aromatic rings. The van der Waals surface area contributed by atoms with Crippen molar-refractivity contribution in [2.75, 3.05) is 21.2 Å². The highest BCUT2D eigenvalue weighted by Gasteiger charge is 2.15. The molecule has 2 rings (SSSR count). The molecule has 0 saturated heterocycles.